The summed E-state index contributed by atoms with van der Waals surface area (Å²) in [5.74, 6) is -0.513. The molecule has 2 N–H and O–H groups in total. The maximum Gasteiger partial charge on any atom is 0.248 e. The summed E-state index contributed by atoms with van der Waals surface area (Å²) >= 11 is 1.18. The smallest absolute Gasteiger partial charge is 0.248 e. The molecule has 1 rings (SSSR count). The van der Waals surface area contributed by atoms with E-state index in [0.29, 0.717) is 5.16 Å². The number of thioether (sulfide) groups is 1. The average Bonchev–Trinajstić information content (AvgIpc) is 2.58. The van der Waals surface area contributed by atoms with Crippen LogP contribution in [0.5, 0.6) is 0 Å². The third-order valence-corrected chi connectivity index (χ3v) is 2.30. The van der Waals surface area contributed by atoms with Crippen LogP contribution in [0.25, 0.3) is 0 Å². The Hall–Kier alpha value is -1.64. The van der Waals surface area contributed by atoms with Crippen LogP contribution < -0.4 is 10.9 Å². The largest absolute Gasteiger partial charge is 0.274 e. The molecule has 2 amide bonds. The van der Waals surface area contributed by atoms with Crippen LogP contribution in [-0.4, -0.2) is 37.8 Å². The van der Waals surface area contributed by atoms with E-state index in [1.807, 2.05) is 0 Å². The Bertz CT molecular complexity index is 364. The molecule has 0 aliphatic rings. The van der Waals surface area contributed by atoms with Crippen LogP contribution >= 0.6 is 11.8 Å². The molecular formula is C6H10N6O2S. The minimum atomic E-state index is -0.325. The molecule has 0 aliphatic heterocycles. The maximum atomic E-state index is 11.1. The van der Waals surface area contributed by atoms with Crippen LogP contribution in [0.3, 0.4) is 0 Å². The first kappa shape index (κ1) is 11.4. The van der Waals surface area contributed by atoms with Crippen molar-refractivity contribution in [2.75, 3.05) is 5.75 Å². The van der Waals surface area contributed by atoms with Crippen molar-refractivity contribution >= 4 is 23.6 Å². The predicted molar refractivity (Wildman–Crippen MR) is 51.5 cm³/mol. The van der Waals surface area contributed by atoms with Gasteiger partial charge >= 0.3 is 0 Å². The van der Waals surface area contributed by atoms with Gasteiger partial charge in [0.1, 0.15) is 0 Å². The second-order valence-electron chi connectivity index (χ2n) is 2.60. The Kier molecular flexibility index (Phi) is 4.03. The highest BCUT2D eigenvalue weighted by Crippen LogP contribution is 2.10. The van der Waals surface area contributed by atoms with Gasteiger partial charge in [-0.2, -0.15) is 0 Å². The number of aromatic nitrogens is 4. The van der Waals surface area contributed by atoms with Crippen molar-refractivity contribution < 1.29 is 9.59 Å². The molecule has 0 saturated heterocycles. The van der Waals surface area contributed by atoms with E-state index in [2.05, 4.69) is 26.4 Å². The molecule has 0 atom stereocenters. The Morgan fingerprint density at radius 3 is 2.73 bits per heavy atom. The summed E-state index contributed by atoms with van der Waals surface area (Å²) in [5, 5.41) is 11.2. The second kappa shape index (κ2) is 5.29. The van der Waals surface area contributed by atoms with E-state index in [1.165, 1.54) is 23.4 Å². The molecule has 0 saturated carbocycles. The van der Waals surface area contributed by atoms with Gasteiger partial charge in [0, 0.05) is 14.0 Å². The highest BCUT2D eigenvalue weighted by molar-refractivity contribution is 7.99. The summed E-state index contributed by atoms with van der Waals surface area (Å²) in [6, 6.07) is 0. The van der Waals surface area contributed by atoms with E-state index < -0.39 is 0 Å². The normalized spacial score (nSPS) is 9.73. The zero-order valence-electron chi connectivity index (χ0n) is 8.22. The van der Waals surface area contributed by atoms with Gasteiger partial charge in [-0.25, -0.2) is 4.68 Å². The van der Waals surface area contributed by atoms with Gasteiger partial charge in [-0.05, 0) is 10.4 Å². The standard InChI is InChI=1S/C6H10N6O2S/c1-4(13)7-8-5(14)3-15-6-9-10-11-12(6)2/h3H2,1-2H3,(H,7,13)(H,8,14). The number of amides is 2. The van der Waals surface area contributed by atoms with Crippen molar-refractivity contribution in [1.82, 2.24) is 31.1 Å². The van der Waals surface area contributed by atoms with Crippen LogP contribution in [0.2, 0.25) is 0 Å². The lowest BCUT2D eigenvalue weighted by atomic mass is 10.7. The fourth-order valence-electron chi connectivity index (χ4n) is 0.667. The maximum absolute atomic E-state index is 11.1. The van der Waals surface area contributed by atoms with Crippen LogP contribution in [0.15, 0.2) is 5.16 Å². The minimum absolute atomic E-state index is 0.133. The molecule has 0 aliphatic carbocycles. The molecule has 0 bridgehead atoms. The first-order valence-electron chi connectivity index (χ1n) is 4.00. The summed E-state index contributed by atoms with van der Waals surface area (Å²) in [6.07, 6.45) is 0. The van der Waals surface area contributed by atoms with Crippen molar-refractivity contribution in [3.05, 3.63) is 0 Å². The van der Waals surface area contributed by atoms with Gasteiger partial charge in [0.05, 0.1) is 5.75 Å². The highest BCUT2D eigenvalue weighted by Gasteiger charge is 2.07. The summed E-state index contributed by atoms with van der Waals surface area (Å²) in [4.78, 5) is 21.6. The average molecular weight is 230 g/mol. The fraction of sp³-hybridized carbons (Fsp3) is 0.500. The Labute approximate surface area is 89.8 Å². The number of carbonyl (C=O) groups excluding carboxylic acids is 2. The lowest BCUT2D eigenvalue weighted by Crippen LogP contribution is -2.41. The number of nitrogens with one attached hydrogen (secondary N) is 2. The first-order chi connectivity index (χ1) is 7.09. The number of hydrogen-bond donors (Lipinski definition) is 2. The quantitative estimate of drug-likeness (QED) is 0.482. The Balaban J connectivity index is 2.28. The number of aryl methyl sites for hydroxylation is 1. The van der Waals surface area contributed by atoms with Gasteiger partial charge in [0.15, 0.2) is 0 Å². The number of rotatable bonds is 3. The predicted octanol–water partition coefficient (Wildman–Crippen LogP) is -1.53. The summed E-state index contributed by atoms with van der Waals surface area (Å²) in [7, 11) is 1.67. The molecular weight excluding hydrogens is 220 g/mol. The van der Waals surface area contributed by atoms with E-state index in [4.69, 9.17) is 0 Å². The van der Waals surface area contributed by atoms with Gasteiger partial charge < -0.3 is 0 Å². The van der Waals surface area contributed by atoms with Gasteiger partial charge in [-0.3, -0.25) is 20.4 Å². The molecule has 9 heteroatoms. The van der Waals surface area contributed by atoms with E-state index in [1.54, 1.807) is 7.05 Å². The zero-order chi connectivity index (χ0) is 11.3. The molecule has 0 spiro atoms. The summed E-state index contributed by atoms with van der Waals surface area (Å²) < 4.78 is 1.45. The zero-order valence-corrected chi connectivity index (χ0v) is 9.04. The molecule has 0 unspecified atom stereocenters. The Morgan fingerprint density at radius 1 is 1.47 bits per heavy atom. The SMILES string of the molecule is CC(=O)NNC(=O)CSc1nnnn1C. The van der Waals surface area contributed by atoms with Crippen molar-refractivity contribution in [2.24, 2.45) is 7.05 Å². The van der Waals surface area contributed by atoms with Crippen LogP contribution in [0.1, 0.15) is 6.92 Å². The van der Waals surface area contributed by atoms with Crippen molar-refractivity contribution in [2.45, 2.75) is 12.1 Å². The van der Waals surface area contributed by atoms with E-state index in [9.17, 15) is 9.59 Å². The topological polar surface area (TPSA) is 102 Å². The molecule has 82 valence electrons. The first-order valence-corrected chi connectivity index (χ1v) is 4.98. The highest BCUT2D eigenvalue weighted by atomic mass is 32.2. The van der Waals surface area contributed by atoms with E-state index in [-0.39, 0.29) is 17.6 Å². The molecule has 8 nitrogen and oxygen atoms in total. The molecule has 1 heterocycles. The number of hydrazine groups is 1. The lowest BCUT2D eigenvalue weighted by Gasteiger charge is -2.03. The number of carbonyl (C=O) groups is 2. The monoisotopic (exact) mass is 230 g/mol. The molecule has 1 aromatic heterocycles. The number of hydrogen-bond acceptors (Lipinski definition) is 6. The van der Waals surface area contributed by atoms with Crippen LogP contribution in [-0.2, 0) is 16.6 Å². The van der Waals surface area contributed by atoms with Crippen LogP contribution in [0.4, 0.5) is 0 Å². The molecule has 0 aromatic carbocycles. The van der Waals surface area contributed by atoms with Crippen molar-refractivity contribution in [1.29, 1.82) is 0 Å². The molecule has 0 fully saturated rings. The van der Waals surface area contributed by atoms with E-state index >= 15 is 0 Å². The number of tetrazole rings is 1. The third kappa shape index (κ3) is 3.94. The van der Waals surface area contributed by atoms with Gasteiger partial charge in [-0.15, -0.1) is 5.10 Å². The molecule has 0 radical (unpaired) electrons. The van der Waals surface area contributed by atoms with Gasteiger partial charge in [-0.1, -0.05) is 11.8 Å². The third-order valence-electron chi connectivity index (χ3n) is 1.29. The van der Waals surface area contributed by atoms with Crippen molar-refractivity contribution in [3.8, 4) is 0 Å². The second-order valence-corrected chi connectivity index (χ2v) is 3.55. The minimum Gasteiger partial charge on any atom is -0.274 e. The fourth-order valence-corrected chi connectivity index (χ4v) is 1.32. The van der Waals surface area contributed by atoms with Crippen LogP contribution in [0, 0.1) is 0 Å². The molecule has 15 heavy (non-hydrogen) atoms. The van der Waals surface area contributed by atoms with E-state index in [0.717, 1.165) is 0 Å². The summed E-state index contributed by atoms with van der Waals surface area (Å²) in [6.45, 7) is 1.31. The molecule has 1 aromatic rings. The Morgan fingerprint density at radius 2 is 2.20 bits per heavy atom. The lowest BCUT2D eigenvalue weighted by molar-refractivity contribution is -0.126. The van der Waals surface area contributed by atoms with Gasteiger partial charge in [0.25, 0.3) is 0 Å². The number of nitrogens with zero attached hydrogens (tertiary/aromatic N) is 4. The summed E-state index contributed by atoms with van der Waals surface area (Å²) in [5.41, 5.74) is 4.41. The van der Waals surface area contributed by atoms with Gasteiger partial charge in [0.2, 0.25) is 17.0 Å². The van der Waals surface area contributed by atoms with Crippen molar-refractivity contribution in [3.63, 3.8) is 0 Å².